The predicted octanol–water partition coefficient (Wildman–Crippen LogP) is 6.75. The molecule has 0 aromatic carbocycles. The fraction of sp³-hybridized carbons (Fsp3) is 0.615. The molecule has 0 spiro atoms. The van der Waals surface area contributed by atoms with Crippen LogP contribution in [-0.2, 0) is 9.59 Å². The van der Waals surface area contributed by atoms with Gasteiger partial charge in [-0.1, -0.05) is 84.1 Å². The highest BCUT2D eigenvalue weighted by Gasteiger charge is 2.44. The zero-order chi connectivity index (χ0) is 22.1. The smallest absolute Gasteiger partial charge is 0.260 e. The van der Waals surface area contributed by atoms with Crippen molar-refractivity contribution < 1.29 is 9.59 Å². The third-order valence-corrected chi connectivity index (χ3v) is 7.13. The standard InChI is InChI=1S/C26H38N2O2S/c1-3-5-7-9-11-13-17-27-20-21-23(26(27)30)24(22-16-15-19-31-22)28(25(21)29)18-14-12-10-8-6-4-2/h15-16,19-20H,3-14,17-18H2,1-2H3. The Morgan fingerprint density at radius 2 is 1.39 bits per heavy atom. The van der Waals surface area contributed by atoms with Gasteiger partial charge in [0.15, 0.2) is 0 Å². The Morgan fingerprint density at radius 3 is 2.00 bits per heavy atom. The quantitative estimate of drug-likeness (QED) is 0.282. The van der Waals surface area contributed by atoms with E-state index in [-0.39, 0.29) is 11.8 Å². The van der Waals surface area contributed by atoms with Crippen molar-refractivity contribution in [1.82, 2.24) is 9.80 Å². The molecule has 0 saturated carbocycles. The Morgan fingerprint density at radius 1 is 0.774 bits per heavy atom. The van der Waals surface area contributed by atoms with E-state index in [4.69, 9.17) is 0 Å². The maximum absolute atomic E-state index is 13.2. The molecule has 3 heterocycles. The third-order valence-electron chi connectivity index (χ3n) is 6.25. The zero-order valence-electron chi connectivity index (χ0n) is 19.3. The van der Waals surface area contributed by atoms with Gasteiger partial charge in [0.2, 0.25) is 0 Å². The summed E-state index contributed by atoms with van der Waals surface area (Å²) < 4.78 is 0. The molecule has 2 amide bonds. The van der Waals surface area contributed by atoms with Gasteiger partial charge >= 0.3 is 0 Å². The van der Waals surface area contributed by atoms with Gasteiger partial charge in [-0.2, -0.15) is 0 Å². The molecule has 2 aliphatic heterocycles. The lowest BCUT2D eigenvalue weighted by molar-refractivity contribution is -0.124. The second-order valence-corrected chi connectivity index (χ2v) is 9.68. The summed E-state index contributed by atoms with van der Waals surface area (Å²) in [6.45, 7) is 5.85. The summed E-state index contributed by atoms with van der Waals surface area (Å²) in [7, 11) is 0. The van der Waals surface area contributed by atoms with Gasteiger partial charge in [-0.25, -0.2) is 0 Å². The molecule has 0 fully saturated rings. The minimum absolute atomic E-state index is 0.00533. The fourth-order valence-electron chi connectivity index (χ4n) is 4.47. The second-order valence-electron chi connectivity index (χ2n) is 8.73. The van der Waals surface area contributed by atoms with Gasteiger partial charge in [0.1, 0.15) is 0 Å². The lowest BCUT2D eigenvalue weighted by Gasteiger charge is -2.21. The van der Waals surface area contributed by atoms with Crippen LogP contribution in [0.4, 0.5) is 0 Å². The van der Waals surface area contributed by atoms with Crippen molar-refractivity contribution in [3.8, 4) is 0 Å². The molecule has 0 radical (unpaired) electrons. The summed E-state index contributed by atoms with van der Waals surface area (Å²) in [5, 5.41) is 2.02. The van der Waals surface area contributed by atoms with Crippen LogP contribution in [-0.4, -0.2) is 34.7 Å². The van der Waals surface area contributed by atoms with Gasteiger partial charge in [0.25, 0.3) is 11.8 Å². The van der Waals surface area contributed by atoms with E-state index in [1.54, 1.807) is 16.2 Å². The number of carbonyl (C=O) groups excluding carboxylic acids is 2. The van der Waals surface area contributed by atoms with Crippen LogP contribution in [0.2, 0.25) is 0 Å². The molecule has 2 aliphatic rings. The van der Waals surface area contributed by atoms with E-state index in [1.807, 2.05) is 28.6 Å². The van der Waals surface area contributed by atoms with Crippen LogP contribution in [0.15, 0.2) is 34.9 Å². The number of fused-ring (bicyclic) bond motifs is 1. The summed E-state index contributed by atoms with van der Waals surface area (Å²) in [6, 6.07) is 4.03. The molecular weight excluding hydrogens is 404 g/mol. The summed E-state index contributed by atoms with van der Waals surface area (Å²) in [6.07, 6.45) is 16.1. The van der Waals surface area contributed by atoms with Crippen LogP contribution in [0, 0.1) is 0 Å². The maximum atomic E-state index is 13.2. The van der Waals surface area contributed by atoms with Crippen molar-refractivity contribution in [1.29, 1.82) is 0 Å². The van der Waals surface area contributed by atoms with Gasteiger partial charge in [0, 0.05) is 19.3 Å². The van der Waals surface area contributed by atoms with Crippen molar-refractivity contribution in [2.24, 2.45) is 0 Å². The number of rotatable bonds is 15. The molecule has 0 bridgehead atoms. The van der Waals surface area contributed by atoms with Crippen LogP contribution in [0.25, 0.3) is 5.70 Å². The van der Waals surface area contributed by atoms with Crippen LogP contribution in [0.5, 0.6) is 0 Å². The van der Waals surface area contributed by atoms with E-state index >= 15 is 0 Å². The normalized spacial score (nSPS) is 16.0. The molecule has 0 N–H and O–H groups in total. The minimum atomic E-state index is 0.00533. The molecule has 3 rings (SSSR count). The molecule has 31 heavy (non-hydrogen) atoms. The van der Waals surface area contributed by atoms with E-state index in [9.17, 15) is 9.59 Å². The van der Waals surface area contributed by atoms with E-state index in [2.05, 4.69) is 13.8 Å². The van der Waals surface area contributed by atoms with Crippen LogP contribution < -0.4 is 0 Å². The van der Waals surface area contributed by atoms with Gasteiger partial charge < -0.3 is 9.80 Å². The first-order chi connectivity index (χ1) is 15.2. The van der Waals surface area contributed by atoms with E-state index in [0.29, 0.717) is 24.2 Å². The van der Waals surface area contributed by atoms with E-state index in [1.165, 1.54) is 51.4 Å². The van der Waals surface area contributed by atoms with Gasteiger partial charge in [-0.05, 0) is 24.3 Å². The highest BCUT2D eigenvalue weighted by atomic mass is 32.1. The Balaban J connectivity index is 1.65. The molecule has 0 saturated heterocycles. The fourth-order valence-corrected chi connectivity index (χ4v) is 5.26. The largest absolute Gasteiger partial charge is 0.314 e. The van der Waals surface area contributed by atoms with Crippen LogP contribution in [0.1, 0.15) is 95.8 Å². The number of nitrogens with zero attached hydrogens (tertiary/aromatic N) is 2. The number of amides is 2. The average molecular weight is 443 g/mol. The lowest BCUT2D eigenvalue weighted by atomic mass is 10.1. The Kier molecular flexibility index (Phi) is 9.38. The average Bonchev–Trinajstić information content (AvgIpc) is 3.46. The molecule has 170 valence electrons. The summed E-state index contributed by atoms with van der Waals surface area (Å²) in [4.78, 5) is 31.1. The van der Waals surface area contributed by atoms with Gasteiger partial charge in [0.05, 0.1) is 21.7 Å². The first kappa shape index (κ1) is 23.8. The number of hydrogen-bond acceptors (Lipinski definition) is 3. The lowest BCUT2D eigenvalue weighted by Crippen LogP contribution is -2.28. The molecular formula is C26H38N2O2S. The van der Waals surface area contributed by atoms with E-state index in [0.717, 1.165) is 36.3 Å². The number of thiophene rings is 1. The number of unbranched alkanes of at least 4 members (excludes halogenated alkanes) is 10. The summed E-state index contributed by atoms with van der Waals surface area (Å²) in [5.41, 5.74) is 2.07. The van der Waals surface area contributed by atoms with Crippen molar-refractivity contribution in [2.75, 3.05) is 13.1 Å². The highest BCUT2D eigenvalue weighted by molar-refractivity contribution is 7.11. The SMILES string of the molecule is CCCCCCCCN1C=C2C(=O)N(CCCCCCCC)C(c3cccs3)=C2C1=O. The molecule has 1 aromatic heterocycles. The molecule has 0 aliphatic carbocycles. The molecule has 4 nitrogen and oxygen atoms in total. The zero-order valence-corrected chi connectivity index (χ0v) is 20.1. The topological polar surface area (TPSA) is 40.6 Å². The third kappa shape index (κ3) is 5.88. The summed E-state index contributed by atoms with van der Waals surface area (Å²) in [5.74, 6) is 0.0107. The first-order valence-corrected chi connectivity index (χ1v) is 13.2. The molecule has 1 aromatic rings. The maximum Gasteiger partial charge on any atom is 0.260 e. The Labute approximate surface area is 192 Å². The summed E-state index contributed by atoms with van der Waals surface area (Å²) >= 11 is 1.61. The van der Waals surface area contributed by atoms with Crippen LogP contribution in [0.3, 0.4) is 0 Å². The number of carbonyl (C=O) groups is 2. The van der Waals surface area contributed by atoms with Crippen molar-refractivity contribution in [3.05, 3.63) is 39.7 Å². The van der Waals surface area contributed by atoms with Crippen LogP contribution >= 0.6 is 11.3 Å². The van der Waals surface area contributed by atoms with E-state index < -0.39 is 0 Å². The monoisotopic (exact) mass is 442 g/mol. The Hall–Kier alpha value is -1.88. The first-order valence-electron chi connectivity index (χ1n) is 12.3. The van der Waals surface area contributed by atoms with Crippen molar-refractivity contribution in [2.45, 2.75) is 90.9 Å². The van der Waals surface area contributed by atoms with Crippen molar-refractivity contribution in [3.63, 3.8) is 0 Å². The minimum Gasteiger partial charge on any atom is -0.314 e. The Bertz CT molecular complexity index is 794. The number of hydrogen-bond donors (Lipinski definition) is 0. The predicted molar refractivity (Wildman–Crippen MR) is 130 cm³/mol. The molecule has 0 unspecified atom stereocenters. The highest BCUT2D eigenvalue weighted by Crippen LogP contribution is 2.42. The van der Waals surface area contributed by atoms with Gasteiger partial charge in [-0.3, -0.25) is 9.59 Å². The second kappa shape index (κ2) is 12.2. The molecule has 5 heteroatoms. The van der Waals surface area contributed by atoms with Gasteiger partial charge in [-0.15, -0.1) is 11.3 Å². The molecule has 0 atom stereocenters. The van der Waals surface area contributed by atoms with Crippen molar-refractivity contribution >= 4 is 28.8 Å².